The number of hydrogen-bond donors (Lipinski definition) is 0. The summed E-state index contributed by atoms with van der Waals surface area (Å²) in [4.78, 5) is 10.9. The molecule has 0 atom stereocenters. The van der Waals surface area contributed by atoms with Crippen LogP contribution in [0.2, 0.25) is 0 Å². The second-order valence-electron chi connectivity index (χ2n) is 6.36. The molecule has 96 valence electrons. The molecule has 0 aromatic carbocycles. The molecule has 0 N–H and O–H groups in total. The zero-order valence-electron chi connectivity index (χ0n) is 11.9. The van der Waals surface area contributed by atoms with Crippen LogP contribution in [0, 0.1) is 0 Å². The molecular weight excluding hydrogens is 212 g/mol. The van der Waals surface area contributed by atoms with Gasteiger partial charge >= 0.3 is 0 Å². The van der Waals surface area contributed by atoms with Crippen LogP contribution in [-0.4, -0.2) is 16.2 Å². The van der Waals surface area contributed by atoms with Crippen LogP contribution in [0.5, 0.6) is 0 Å². The molecule has 0 aliphatic heterocycles. The van der Waals surface area contributed by atoms with Crippen LogP contribution in [0.4, 0.5) is 0 Å². The molecule has 0 aliphatic carbocycles. The van der Waals surface area contributed by atoms with Gasteiger partial charge in [-0.2, -0.15) is 5.10 Å². The SMILES string of the molecule is CCCC(C)(C)c1nn(C=O)cc1C(C)(C)C. The Morgan fingerprint density at radius 2 is 1.88 bits per heavy atom. The smallest absolute Gasteiger partial charge is 0.234 e. The predicted octanol–water partition coefficient (Wildman–Crippen LogP) is 3.30. The lowest BCUT2D eigenvalue weighted by Gasteiger charge is -2.27. The predicted molar refractivity (Wildman–Crippen MR) is 71.0 cm³/mol. The Morgan fingerprint density at radius 1 is 1.29 bits per heavy atom. The van der Waals surface area contributed by atoms with Crippen LogP contribution in [0.3, 0.4) is 0 Å². The number of carbonyl (C=O) groups excluding carboxylic acids is 1. The first-order chi connectivity index (χ1) is 7.72. The van der Waals surface area contributed by atoms with Gasteiger partial charge in [0.2, 0.25) is 6.41 Å². The minimum absolute atomic E-state index is 0.0155. The van der Waals surface area contributed by atoms with Crippen LogP contribution in [0.1, 0.15) is 65.6 Å². The Kier molecular flexibility index (Phi) is 3.80. The molecule has 0 aliphatic rings. The summed E-state index contributed by atoms with van der Waals surface area (Å²) in [5.41, 5.74) is 2.26. The van der Waals surface area contributed by atoms with Crippen molar-refractivity contribution in [2.24, 2.45) is 0 Å². The minimum Gasteiger partial charge on any atom is -0.276 e. The van der Waals surface area contributed by atoms with Gasteiger partial charge in [0.1, 0.15) is 0 Å². The molecular formula is C14H24N2O. The highest BCUT2D eigenvalue weighted by Gasteiger charge is 2.31. The molecule has 0 saturated heterocycles. The van der Waals surface area contributed by atoms with E-state index in [4.69, 9.17) is 0 Å². The standard InChI is InChI=1S/C14H24N2O/c1-7-8-14(5,6)12-11(13(2,3)4)9-16(10-17)15-12/h9-10H,7-8H2,1-6H3. The number of aromatic nitrogens is 2. The second kappa shape index (κ2) is 4.63. The highest BCUT2D eigenvalue weighted by molar-refractivity contribution is 5.52. The van der Waals surface area contributed by atoms with E-state index < -0.39 is 0 Å². The molecule has 0 bridgehead atoms. The second-order valence-corrected chi connectivity index (χ2v) is 6.36. The Labute approximate surface area is 104 Å². The van der Waals surface area contributed by atoms with Crippen molar-refractivity contribution in [3.05, 3.63) is 17.5 Å². The first kappa shape index (κ1) is 13.9. The Hall–Kier alpha value is -1.12. The normalized spacial score (nSPS) is 12.8. The Bertz CT molecular complexity index is 397. The number of carbonyl (C=O) groups is 1. The molecule has 0 spiro atoms. The van der Waals surface area contributed by atoms with Gasteiger partial charge in [0.15, 0.2) is 0 Å². The molecule has 0 radical (unpaired) electrons. The third-order valence-electron chi connectivity index (χ3n) is 3.16. The zero-order valence-corrected chi connectivity index (χ0v) is 11.9. The van der Waals surface area contributed by atoms with Gasteiger partial charge in [-0.1, -0.05) is 48.0 Å². The van der Waals surface area contributed by atoms with Crippen LogP contribution in [0.15, 0.2) is 6.20 Å². The number of hydrogen-bond acceptors (Lipinski definition) is 2. The van der Waals surface area contributed by atoms with Gasteiger partial charge in [0, 0.05) is 11.6 Å². The lowest BCUT2D eigenvalue weighted by molar-refractivity contribution is 0.440. The van der Waals surface area contributed by atoms with Crippen LogP contribution < -0.4 is 0 Å². The summed E-state index contributed by atoms with van der Waals surface area (Å²) < 4.78 is 1.40. The third kappa shape index (κ3) is 2.96. The van der Waals surface area contributed by atoms with Gasteiger partial charge < -0.3 is 0 Å². The van der Waals surface area contributed by atoms with Crippen molar-refractivity contribution in [2.75, 3.05) is 0 Å². The molecule has 0 amide bonds. The lowest BCUT2D eigenvalue weighted by atomic mass is 9.77. The fourth-order valence-corrected chi connectivity index (χ4v) is 2.24. The van der Waals surface area contributed by atoms with E-state index in [1.54, 1.807) is 0 Å². The van der Waals surface area contributed by atoms with Crippen LogP contribution in [-0.2, 0) is 15.6 Å². The van der Waals surface area contributed by atoms with Gasteiger partial charge in [-0.25, -0.2) is 4.68 Å². The van der Waals surface area contributed by atoms with Crippen molar-refractivity contribution < 1.29 is 4.79 Å². The van der Waals surface area contributed by atoms with E-state index in [-0.39, 0.29) is 10.8 Å². The van der Waals surface area contributed by atoms with Gasteiger partial charge in [0.05, 0.1) is 5.69 Å². The third-order valence-corrected chi connectivity index (χ3v) is 3.16. The first-order valence-electron chi connectivity index (χ1n) is 6.28. The van der Waals surface area contributed by atoms with Gasteiger partial charge in [-0.3, -0.25) is 4.79 Å². The topological polar surface area (TPSA) is 34.9 Å². The fourth-order valence-electron chi connectivity index (χ4n) is 2.24. The summed E-state index contributed by atoms with van der Waals surface area (Å²) in [6, 6.07) is 0. The summed E-state index contributed by atoms with van der Waals surface area (Å²) in [7, 11) is 0. The van der Waals surface area contributed by atoms with Crippen molar-refractivity contribution in [2.45, 2.75) is 65.2 Å². The Morgan fingerprint density at radius 3 is 2.29 bits per heavy atom. The molecule has 3 nitrogen and oxygen atoms in total. The number of rotatable bonds is 4. The summed E-state index contributed by atoms with van der Waals surface area (Å²) in [6.45, 7) is 13.0. The average molecular weight is 236 g/mol. The van der Waals surface area contributed by atoms with Crippen LogP contribution in [0.25, 0.3) is 0 Å². The summed E-state index contributed by atoms with van der Waals surface area (Å²) >= 11 is 0. The van der Waals surface area contributed by atoms with E-state index in [2.05, 4.69) is 46.6 Å². The maximum absolute atomic E-state index is 10.9. The molecule has 0 unspecified atom stereocenters. The maximum Gasteiger partial charge on any atom is 0.234 e. The fraction of sp³-hybridized carbons (Fsp3) is 0.714. The monoisotopic (exact) mass is 236 g/mol. The first-order valence-corrected chi connectivity index (χ1v) is 6.28. The van der Waals surface area contributed by atoms with Gasteiger partial charge in [-0.05, 0) is 17.4 Å². The molecule has 3 heteroatoms. The largest absolute Gasteiger partial charge is 0.276 e. The molecule has 1 rings (SSSR count). The number of nitrogens with zero attached hydrogens (tertiary/aromatic N) is 2. The van der Waals surface area contributed by atoms with Crippen LogP contribution >= 0.6 is 0 Å². The maximum atomic E-state index is 10.9. The van der Waals surface area contributed by atoms with E-state index in [1.165, 1.54) is 10.2 Å². The van der Waals surface area contributed by atoms with Crippen molar-refractivity contribution in [1.82, 2.24) is 9.78 Å². The molecule has 1 heterocycles. The highest BCUT2D eigenvalue weighted by Crippen LogP contribution is 2.35. The average Bonchev–Trinajstić information content (AvgIpc) is 2.61. The van der Waals surface area contributed by atoms with Crippen molar-refractivity contribution in [1.29, 1.82) is 0 Å². The van der Waals surface area contributed by atoms with E-state index in [0.717, 1.165) is 24.9 Å². The quantitative estimate of drug-likeness (QED) is 0.752. The zero-order chi connectivity index (χ0) is 13.3. The molecule has 0 saturated carbocycles. The van der Waals surface area contributed by atoms with Gasteiger partial charge in [0.25, 0.3) is 0 Å². The van der Waals surface area contributed by atoms with Crippen molar-refractivity contribution >= 4 is 6.41 Å². The van der Waals surface area contributed by atoms with Crippen molar-refractivity contribution in [3.63, 3.8) is 0 Å². The van der Waals surface area contributed by atoms with E-state index in [1.807, 2.05) is 6.20 Å². The minimum atomic E-state index is 0.0155. The van der Waals surface area contributed by atoms with E-state index in [9.17, 15) is 4.79 Å². The molecule has 17 heavy (non-hydrogen) atoms. The van der Waals surface area contributed by atoms with E-state index >= 15 is 0 Å². The molecule has 1 aromatic heterocycles. The Balaban J connectivity index is 3.31. The summed E-state index contributed by atoms with van der Waals surface area (Å²) in [6.07, 6.45) is 4.82. The molecule has 1 aromatic rings. The molecule has 0 fully saturated rings. The summed E-state index contributed by atoms with van der Waals surface area (Å²) in [5.74, 6) is 0. The van der Waals surface area contributed by atoms with Crippen molar-refractivity contribution in [3.8, 4) is 0 Å². The van der Waals surface area contributed by atoms with E-state index in [0.29, 0.717) is 0 Å². The highest BCUT2D eigenvalue weighted by atomic mass is 16.1. The summed E-state index contributed by atoms with van der Waals surface area (Å²) in [5, 5.41) is 4.43. The lowest BCUT2D eigenvalue weighted by Crippen LogP contribution is -2.24. The van der Waals surface area contributed by atoms with Gasteiger partial charge in [-0.15, -0.1) is 0 Å².